The van der Waals surface area contributed by atoms with Gasteiger partial charge in [-0.15, -0.1) is 0 Å². The molecule has 3 rings (SSSR count). The molecular formula is C12H23NO. The highest BCUT2D eigenvalue weighted by Gasteiger charge is 2.35. The largest absolute Gasteiger partial charge is 0.376 e. The maximum atomic E-state index is 6.04. The molecule has 3 saturated heterocycles. The number of hydrogen-bond donors (Lipinski definition) is 0. The molecule has 0 N–H and O–H groups in total. The lowest BCUT2D eigenvalue weighted by Crippen LogP contribution is -2.51. The summed E-state index contributed by atoms with van der Waals surface area (Å²) in [6, 6.07) is 0. The molecule has 2 nitrogen and oxygen atoms in total. The highest BCUT2D eigenvalue weighted by atomic mass is 16.5. The van der Waals surface area contributed by atoms with Crippen molar-refractivity contribution in [1.82, 2.24) is 4.90 Å². The molecule has 2 heteroatoms. The lowest BCUT2D eigenvalue weighted by atomic mass is 9.85. The predicted molar refractivity (Wildman–Crippen MR) is 58.4 cm³/mol. The van der Waals surface area contributed by atoms with Crippen molar-refractivity contribution in [1.29, 1.82) is 0 Å². The van der Waals surface area contributed by atoms with E-state index in [0.29, 0.717) is 11.5 Å². The lowest BCUT2D eigenvalue weighted by molar-refractivity contribution is -0.0875. The maximum absolute atomic E-state index is 6.04. The van der Waals surface area contributed by atoms with Crippen LogP contribution >= 0.6 is 0 Å². The van der Waals surface area contributed by atoms with Gasteiger partial charge in [-0.05, 0) is 37.3 Å². The standard InChI is InChI=1S/C12H23NO/c1-12(2,3)9-14-11-8-13-6-4-10(11)5-7-13/h10-11H,4-9H2,1-3H3. The van der Waals surface area contributed by atoms with Crippen molar-refractivity contribution in [3.63, 3.8) is 0 Å². The average Bonchev–Trinajstić information content (AvgIpc) is 2.16. The second-order valence-electron chi connectivity index (χ2n) is 6.05. The highest BCUT2D eigenvalue weighted by molar-refractivity contribution is 4.87. The van der Waals surface area contributed by atoms with Crippen molar-refractivity contribution in [3.05, 3.63) is 0 Å². The Balaban J connectivity index is 1.81. The number of ether oxygens (including phenoxy) is 1. The van der Waals surface area contributed by atoms with Crippen LogP contribution in [0.5, 0.6) is 0 Å². The summed E-state index contributed by atoms with van der Waals surface area (Å²) in [4.78, 5) is 2.55. The Bertz CT molecular complexity index is 189. The van der Waals surface area contributed by atoms with Crippen molar-refractivity contribution < 1.29 is 4.74 Å². The summed E-state index contributed by atoms with van der Waals surface area (Å²) >= 11 is 0. The smallest absolute Gasteiger partial charge is 0.0731 e. The molecule has 0 spiro atoms. The fourth-order valence-electron chi connectivity index (χ4n) is 2.46. The molecule has 0 saturated carbocycles. The summed E-state index contributed by atoms with van der Waals surface area (Å²) in [5.41, 5.74) is 0.312. The van der Waals surface area contributed by atoms with Gasteiger partial charge in [-0.3, -0.25) is 0 Å². The van der Waals surface area contributed by atoms with Gasteiger partial charge >= 0.3 is 0 Å². The molecule has 3 aliphatic heterocycles. The van der Waals surface area contributed by atoms with Crippen LogP contribution in [0.3, 0.4) is 0 Å². The van der Waals surface area contributed by atoms with E-state index in [4.69, 9.17) is 4.74 Å². The topological polar surface area (TPSA) is 12.5 Å². The zero-order valence-corrected chi connectivity index (χ0v) is 9.75. The number of piperidine rings is 3. The summed E-state index contributed by atoms with van der Waals surface area (Å²) in [6.45, 7) is 11.4. The zero-order chi connectivity index (χ0) is 10.2. The van der Waals surface area contributed by atoms with Crippen LogP contribution in [0.1, 0.15) is 33.6 Å². The second kappa shape index (κ2) is 3.82. The number of nitrogens with zero attached hydrogens (tertiary/aromatic N) is 1. The molecule has 3 heterocycles. The van der Waals surface area contributed by atoms with Gasteiger partial charge in [0, 0.05) is 6.54 Å². The Kier molecular flexibility index (Phi) is 2.85. The SMILES string of the molecule is CC(C)(C)COC1CN2CCC1CC2. The predicted octanol–water partition coefficient (Wildman–Crippen LogP) is 2.14. The Hall–Kier alpha value is -0.0800. The van der Waals surface area contributed by atoms with Gasteiger partial charge in [0.05, 0.1) is 12.7 Å². The fraction of sp³-hybridized carbons (Fsp3) is 1.00. The molecule has 0 aromatic rings. The monoisotopic (exact) mass is 197 g/mol. The molecule has 0 amide bonds. The van der Waals surface area contributed by atoms with Crippen LogP contribution in [0.4, 0.5) is 0 Å². The van der Waals surface area contributed by atoms with Crippen molar-refractivity contribution in [2.75, 3.05) is 26.2 Å². The molecule has 0 aromatic heterocycles. The third-order valence-corrected chi connectivity index (χ3v) is 3.33. The van der Waals surface area contributed by atoms with Gasteiger partial charge in [-0.2, -0.15) is 0 Å². The second-order valence-corrected chi connectivity index (χ2v) is 6.05. The summed E-state index contributed by atoms with van der Waals surface area (Å²) in [5, 5.41) is 0. The van der Waals surface area contributed by atoms with Gasteiger partial charge in [0.2, 0.25) is 0 Å². The van der Waals surface area contributed by atoms with Crippen LogP contribution in [0.25, 0.3) is 0 Å². The molecule has 1 unspecified atom stereocenters. The van der Waals surface area contributed by atoms with Crippen molar-refractivity contribution in [3.8, 4) is 0 Å². The molecule has 2 bridgehead atoms. The van der Waals surface area contributed by atoms with Crippen molar-refractivity contribution >= 4 is 0 Å². The number of fused-ring (bicyclic) bond motifs is 3. The minimum absolute atomic E-state index is 0.312. The molecule has 0 aliphatic carbocycles. The molecule has 0 radical (unpaired) electrons. The molecule has 0 aromatic carbocycles. The van der Waals surface area contributed by atoms with E-state index >= 15 is 0 Å². The molecule has 1 atom stereocenters. The maximum Gasteiger partial charge on any atom is 0.0731 e. The molecule has 3 fully saturated rings. The van der Waals surface area contributed by atoms with Crippen LogP contribution in [-0.2, 0) is 4.74 Å². The van der Waals surface area contributed by atoms with E-state index in [9.17, 15) is 0 Å². The van der Waals surface area contributed by atoms with Crippen LogP contribution in [0.15, 0.2) is 0 Å². The quantitative estimate of drug-likeness (QED) is 0.672. The van der Waals surface area contributed by atoms with Gasteiger partial charge in [0.15, 0.2) is 0 Å². The Morgan fingerprint density at radius 3 is 2.29 bits per heavy atom. The first-order valence-corrected chi connectivity index (χ1v) is 5.88. The third-order valence-electron chi connectivity index (χ3n) is 3.33. The fourth-order valence-corrected chi connectivity index (χ4v) is 2.46. The van der Waals surface area contributed by atoms with Gasteiger partial charge in [-0.25, -0.2) is 0 Å². The summed E-state index contributed by atoms with van der Waals surface area (Å²) < 4.78 is 6.04. The van der Waals surface area contributed by atoms with Crippen LogP contribution < -0.4 is 0 Å². The minimum atomic E-state index is 0.312. The van der Waals surface area contributed by atoms with Gasteiger partial charge in [0.1, 0.15) is 0 Å². The Morgan fingerprint density at radius 2 is 1.86 bits per heavy atom. The van der Waals surface area contributed by atoms with Crippen LogP contribution in [0.2, 0.25) is 0 Å². The Labute approximate surface area is 87.6 Å². The van der Waals surface area contributed by atoms with E-state index in [1.54, 1.807) is 0 Å². The highest BCUT2D eigenvalue weighted by Crippen LogP contribution is 2.30. The molecule has 14 heavy (non-hydrogen) atoms. The van der Waals surface area contributed by atoms with E-state index < -0.39 is 0 Å². The normalized spacial score (nSPS) is 37.5. The molecule has 82 valence electrons. The van der Waals surface area contributed by atoms with E-state index in [1.165, 1.54) is 32.5 Å². The van der Waals surface area contributed by atoms with E-state index in [-0.39, 0.29) is 0 Å². The average molecular weight is 197 g/mol. The summed E-state index contributed by atoms with van der Waals surface area (Å²) in [7, 11) is 0. The van der Waals surface area contributed by atoms with E-state index in [2.05, 4.69) is 25.7 Å². The summed E-state index contributed by atoms with van der Waals surface area (Å²) in [6.07, 6.45) is 3.24. The first-order chi connectivity index (χ1) is 6.54. The van der Waals surface area contributed by atoms with E-state index in [1.807, 2.05) is 0 Å². The summed E-state index contributed by atoms with van der Waals surface area (Å²) in [5.74, 6) is 0.849. The van der Waals surface area contributed by atoms with Gasteiger partial charge in [-0.1, -0.05) is 20.8 Å². The first kappa shape index (κ1) is 10.4. The number of rotatable bonds is 2. The van der Waals surface area contributed by atoms with Crippen molar-refractivity contribution in [2.24, 2.45) is 11.3 Å². The van der Waals surface area contributed by atoms with Crippen LogP contribution in [-0.4, -0.2) is 37.2 Å². The first-order valence-electron chi connectivity index (χ1n) is 5.88. The van der Waals surface area contributed by atoms with E-state index in [0.717, 1.165) is 12.5 Å². The Morgan fingerprint density at radius 1 is 1.21 bits per heavy atom. The number of hydrogen-bond acceptors (Lipinski definition) is 2. The van der Waals surface area contributed by atoms with Gasteiger partial charge in [0.25, 0.3) is 0 Å². The zero-order valence-electron chi connectivity index (χ0n) is 9.75. The minimum Gasteiger partial charge on any atom is -0.376 e. The lowest BCUT2D eigenvalue weighted by Gasteiger charge is -2.45. The third kappa shape index (κ3) is 2.48. The molecular weight excluding hydrogens is 174 g/mol. The van der Waals surface area contributed by atoms with Crippen molar-refractivity contribution in [2.45, 2.75) is 39.7 Å². The molecule has 3 aliphatic rings. The van der Waals surface area contributed by atoms with Crippen LogP contribution in [0, 0.1) is 11.3 Å². The van der Waals surface area contributed by atoms with Gasteiger partial charge < -0.3 is 9.64 Å².